The maximum absolute atomic E-state index is 13.9. The predicted molar refractivity (Wildman–Crippen MR) is 124 cm³/mol. The molecular formula is C23H20ClF2N7O2. The Morgan fingerprint density at radius 3 is 2.57 bits per heavy atom. The van der Waals surface area contributed by atoms with Gasteiger partial charge in [0.25, 0.3) is 12.3 Å². The second-order valence-corrected chi connectivity index (χ2v) is 8.23. The Balaban J connectivity index is 1.49. The first-order valence-electron chi connectivity index (χ1n) is 10.7. The zero-order valence-corrected chi connectivity index (χ0v) is 19.8. The van der Waals surface area contributed by atoms with Crippen molar-refractivity contribution >= 4 is 17.2 Å². The maximum Gasteiger partial charge on any atom is 0.280 e. The van der Waals surface area contributed by atoms with E-state index in [2.05, 4.69) is 25.4 Å². The molecule has 0 saturated heterocycles. The summed E-state index contributed by atoms with van der Waals surface area (Å²) in [7, 11) is 1.55. The number of ether oxygens (including phenoxy) is 1. The van der Waals surface area contributed by atoms with Crippen LogP contribution >= 0.6 is 11.6 Å². The number of hydrogen-bond acceptors (Lipinski definition) is 7. The normalized spacial score (nSPS) is 11.6. The lowest BCUT2D eigenvalue weighted by Gasteiger charge is -2.08. The van der Waals surface area contributed by atoms with Gasteiger partial charge in [0.2, 0.25) is 5.89 Å². The molecule has 0 unspecified atom stereocenters. The van der Waals surface area contributed by atoms with Crippen molar-refractivity contribution in [3.8, 4) is 28.5 Å². The molecule has 0 aliphatic rings. The summed E-state index contributed by atoms with van der Waals surface area (Å²) < 4.78 is 41.6. The van der Waals surface area contributed by atoms with E-state index in [1.807, 2.05) is 13.8 Å². The highest BCUT2D eigenvalue weighted by Gasteiger charge is 2.22. The van der Waals surface area contributed by atoms with Gasteiger partial charge in [0.15, 0.2) is 5.65 Å². The van der Waals surface area contributed by atoms with Crippen molar-refractivity contribution in [3.05, 3.63) is 64.5 Å². The molecule has 0 atom stereocenters. The average molecular weight is 500 g/mol. The molecule has 0 aliphatic carbocycles. The van der Waals surface area contributed by atoms with Crippen molar-refractivity contribution in [3.63, 3.8) is 0 Å². The third kappa shape index (κ3) is 4.23. The molecule has 180 valence electrons. The molecule has 5 aromatic rings. The van der Waals surface area contributed by atoms with E-state index in [-0.39, 0.29) is 17.2 Å². The first-order chi connectivity index (χ1) is 16.9. The summed E-state index contributed by atoms with van der Waals surface area (Å²) in [6, 6.07) is 8.29. The summed E-state index contributed by atoms with van der Waals surface area (Å²) in [5, 5.41) is 17.3. The largest absolute Gasteiger partial charge is 0.497 e. The fraction of sp³-hybridized carbons (Fsp3) is 0.261. The lowest BCUT2D eigenvalue weighted by molar-refractivity contribution is 0.143. The van der Waals surface area contributed by atoms with Crippen LogP contribution in [-0.2, 0) is 13.0 Å². The number of alkyl halides is 2. The molecule has 0 saturated carbocycles. The van der Waals surface area contributed by atoms with Gasteiger partial charge in [-0.1, -0.05) is 11.6 Å². The second-order valence-electron chi connectivity index (χ2n) is 7.85. The number of halogens is 3. The number of aryl methyl sites for hydroxylation is 3. The van der Waals surface area contributed by atoms with Gasteiger partial charge in [-0.3, -0.25) is 4.68 Å². The van der Waals surface area contributed by atoms with Gasteiger partial charge in [-0.2, -0.15) is 10.2 Å². The Morgan fingerprint density at radius 2 is 1.91 bits per heavy atom. The lowest BCUT2D eigenvalue weighted by atomic mass is 10.1. The van der Waals surface area contributed by atoms with Crippen LogP contribution in [0.3, 0.4) is 0 Å². The quantitative estimate of drug-likeness (QED) is 0.307. The first kappa shape index (κ1) is 22.9. The van der Waals surface area contributed by atoms with E-state index >= 15 is 0 Å². The molecule has 4 heterocycles. The van der Waals surface area contributed by atoms with Crippen molar-refractivity contribution in [1.82, 2.24) is 34.6 Å². The first-order valence-corrected chi connectivity index (χ1v) is 11.1. The van der Waals surface area contributed by atoms with E-state index in [1.165, 1.54) is 12.3 Å². The van der Waals surface area contributed by atoms with Gasteiger partial charge in [-0.05, 0) is 44.2 Å². The Labute approximate surface area is 203 Å². The fourth-order valence-electron chi connectivity index (χ4n) is 3.76. The number of benzene rings is 1. The third-order valence-electron chi connectivity index (χ3n) is 5.64. The van der Waals surface area contributed by atoms with Gasteiger partial charge < -0.3 is 9.15 Å². The predicted octanol–water partition coefficient (Wildman–Crippen LogP) is 5.10. The van der Waals surface area contributed by atoms with Crippen LogP contribution in [0.5, 0.6) is 5.75 Å². The molecule has 0 amide bonds. The Morgan fingerprint density at radius 1 is 1.14 bits per heavy atom. The number of fused-ring (bicyclic) bond motifs is 1. The number of aromatic nitrogens is 7. The molecule has 0 radical (unpaired) electrons. The molecule has 35 heavy (non-hydrogen) atoms. The van der Waals surface area contributed by atoms with E-state index in [4.69, 9.17) is 20.8 Å². The Bertz CT molecular complexity index is 1510. The van der Waals surface area contributed by atoms with E-state index in [9.17, 15) is 8.78 Å². The summed E-state index contributed by atoms with van der Waals surface area (Å²) in [6.07, 6.45) is -0.961. The average Bonchev–Trinajstić information content (AvgIpc) is 3.56. The molecule has 0 fully saturated rings. The van der Waals surface area contributed by atoms with Crippen LogP contribution in [0.15, 0.2) is 40.9 Å². The highest BCUT2D eigenvalue weighted by Crippen LogP contribution is 2.31. The van der Waals surface area contributed by atoms with Crippen LogP contribution in [0.2, 0.25) is 5.02 Å². The number of methoxy groups -OCH3 is 1. The summed E-state index contributed by atoms with van der Waals surface area (Å²) in [4.78, 5) is 4.58. The summed E-state index contributed by atoms with van der Waals surface area (Å²) >= 11 is 6.20. The van der Waals surface area contributed by atoms with Crippen LogP contribution in [-0.4, -0.2) is 41.7 Å². The lowest BCUT2D eigenvalue weighted by Crippen LogP contribution is -2.05. The fourth-order valence-corrected chi connectivity index (χ4v) is 3.90. The molecule has 0 spiro atoms. The van der Waals surface area contributed by atoms with Crippen molar-refractivity contribution in [1.29, 1.82) is 0 Å². The van der Waals surface area contributed by atoms with Crippen molar-refractivity contribution in [2.24, 2.45) is 0 Å². The van der Waals surface area contributed by atoms with Crippen LogP contribution in [0, 0.1) is 13.8 Å². The van der Waals surface area contributed by atoms with E-state index in [0.29, 0.717) is 46.4 Å². The molecule has 1 aromatic carbocycles. The summed E-state index contributed by atoms with van der Waals surface area (Å²) in [5.41, 5.74) is 2.85. The van der Waals surface area contributed by atoms with Gasteiger partial charge in [-0.25, -0.2) is 18.3 Å². The minimum absolute atomic E-state index is 0.140. The summed E-state index contributed by atoms with van der Waals surface area (Å²) in [5.74, 6) is 1.15. The monoisotopic (exact) mass is 499 g/mol. The van der Waals surface area contributed by atoms with Crippen molar-refractivity contribution in [2.75, 3.05) is 7.11 Å². The van der Waals surface area contributed by atoms with Crippen LogP contribution < -0.4 is 4.74 Å². The van der Waals surface area contributed by atoms with Crippen LogP contribution in [0.4, 0.5) is 8.78 Å². The molecule has 9 nitrogen and oxygen atoms in total. The SMILES string of the molecule is COc1ccc(-c2cc(C(F)F)n3ncc(-c4nnc(CCn5nc(C)c(Cl)c5C)o4)c3n2)cc1. The second kappa shape index (κ2) is 9.06. The molecule has 0 N–H and O–H groups in total. The van der Waals surface area contributed by atoms with E-state index in [0.717, 1.165) is 15.9 Å². The van der Waals surface area contributed by atoms with E-state index < -0.39 is 6.43 Å². The van der Waals surface area contributed by atoms with Gasteiger partial charge in [0, 0.05) is 18.5 Å². The molecule has 5 rings (SSSR count). The van der Waals surface area contributed by atoms with Gasteiger partial charge >= 0.3 is 0 Å². The third-order valence-corrected chi connectivity index (χ3v) is 6.18. The van der Waals surface area contributed by atoms with Crippen LogP contribution in [0.25, 0.3) is 28.4 Å². The minimum Gasteiger partial charge on any atom is -0.497 e. The van der Waals surface area contributed by atoms with Gasteiger partial charge in [0.05, 0.1) is 35.4 Å². The highest BCUT2D eigenvalue weighted by atomic mass is 35.5. The van der Waals surface area contributed by atoms with Gasteiger partial charge in [-0.15, -0.1) is 10.2 Å². The minimum atomic E-state index is -2.77. The van der Waals surface area contributed by atoms with Crippen molar-refractivity contribution in [2.45, 2.75) is 33.2 Å². The molecular weight excluding hydrogens is 480 g/mol. The molecule has 0 aliphatic heterocycles. The topological polar surface area (TPSA) is 96.2 Å². The van der Waals surface area contributed by atoms with Crippen LogP contribution in [0.1, 0.15) is 29.4 Å². The molecule has 0 bridgehead atoms. The van der Waals surface area contributed by atoms with E-state index in [1.54, 1.807) is 36.1 Å². The molecule has 4 aromatic heterocycles. The van der Waals surface area contributed by atoms with Crippen molar-refractivity contribution < 1.29 is 17.9 Å². The zero-order chi connectivity index (χ0) is 24.7. The highest BCUT2D eigenvalue weighted by molar-refractivity contribution is 6.31. The number of nitrogens with zero attached hydrogens (tertiary/aromatic N) is 7. The molecule has 12 heteroatoms. The Hall–Kier alpha value is -3.86. The number of rotatable bonds is 7. The summed E-state index contributed by atoms with van der Waals surface area (Å²) in [6.45, 7) is 4.21. The standard InChI is InChI=1S/C23H20ClF2N7O2/c1-12-20(24)13(2)32(31-12)9-8-19-29-30-23(35-19)16-11-27-33-18(21(25)26)10-17(28-22(16)33)14-4-6-15(34-3)7-5-14/h4-7,10-11,21H,8-9H2,1-3H3. The maximum atomic E-state index is 13.9. The Kier molecular flexibility index (Phi) is 5.93. The van der Waals surface area contributed by atoms with Gasteiger partial charge in [0.1, 0.15) is 17.0 Å². The smallest absolute Gasteiger partial charge is 0.280 e. The zero-order valence-electron chi connectivity index (χ0n) is 19.0. The number of hydrogen-bond donors (Lipinski definition) is 0.